The minimum Gasteiger partial charge on any atom is -0.446 e. The SMILES string of the molecule is N#Cc1c(CC(=O)/C=C/c2cccnc2)sc2c1CCC(OC(=O)NC1CCC1)C2. The van der Waals surface area contributed by atoms with E-state index in [1.54, 1.807) is 18.5 Å². The van der Waals surface area contributed by atoms with Gasteiger partial charge in [-0.15, -0.1) is 11.3 Å². The molecule has 1 saturated carbocycles. The fraction of sp³-hybridized carbons (Fsp3) is 0.391. The summed E-state index contributed by atoms with van der Waals surface area (Å²) in [5, 5.41) is 12.6. The van der Waals surface area contributed by atoms with Gasteiger partial charge in [0.05, 0.1) is 5.56 Å². The predicted octanol–water partition coefficient (Wildman–Crippen LogP) is 3.98. The highest BCUT2D eigenvalue weighted by Gasteiger charge is 2.29. The van der Waals surface area contributed by atoms with E-state index in [0.717, 1.165) is 40.1 Å². The number of amides is 1. The Morgan fingerprint density at radius 3 is 2.93 bits per heavy atom. The maximum absolute atomic E-state index is 12.4. The van der Waals surface area contributed by atoms with Gasteiger partial charge in [0.1, 0.15) is 12.2 Å². The van der Waals surface area contributed by atoms with Crippen molar-refractivity contribution in [2.45, 2.75) is 57.1 Å². The van der Waals surface area contributed by atoms with E-state index in [-0.39, 0.29) is 30.4 Å². The van der Waals surface area contributed by atoms with Gasteiger partial charge in [0.15, 0.2) is 5.78 Å². The lowest BCUT2D eigenvalue weighted by Gasteiger charge is -2.28. The molecule has 30 heavy (non-hydrogen) atoms. The van der Waals surface area contributed by atoms with Crippen LogP contribution in [-0.4, -0.2) is 29.0 Å². The smallest absolute Gasteiger partial charge is 0.407 e. The Labute approximate surface area is 179 Å². The van der Waals surface area contributed by atoms with Crippen molar-refractivity contribution in [3.05, 3.63) is 57.0 Å². The summed E-state index contributed by atoms with van der Waals surface area (Å²) in [7, 11) is 0. The van der Waals surface area contributed by atoms with Crippen molar-refractivity contribution in [3.63, 3.8) is 0 Å². The summed E-state index contributed by atoms with van der Waals surface area (Å²) in [6.45, 7) is 0. The molecule has 6 nitrogen and oxygen atoms in total. The van der Waals surface area contributed by atoms with E-state index in [4.69, 9.17) is 4.74 Å². The number of ether oxygens (including phenoxy) is 1. The van der Waals surface area contributed by atoms with Gasteiger partial charge in [0, 0.05) is 41.0 Å². The van der Waals surface area contributed by atoms with Gasteiger partial charge in [-0.25, -0.2) is 4.79 Å². The fourth-order valence-electron chi connectivity index (χ4n) is 3.75. The minimum atomic E-state index is -0.346. The molecule has 4 rings (SSSR count). The third-order valence-corrected chi connectivity index (χ3v) is 6.84. The summed E-state index contributed by atoms with van der Waals surface area (Å²) in [4.78, 5) is 30.3. The highest BCUT2D eigenvalue weighted by atomic mass is 32.1. The first kappa shape index (κ1) is 20.3. The third kappa shape index (κ3) is 4.77. The van der Waals surface area contributed by atoms with Crippen LogP contribution in [0.2, 0.25) is 0 Å². The van der Waals surface area contributed by atoms with Crippen LogP contribution >= 0.6 is 11.3 Å². The molecule has 0 radical (unpaired) electrons. The van der Waals surface area contributed by atoms with Crippen LogP contribution in [0.5, 0.6) is 0 Å². The molecule has 1 fully saturated rings. The van der Waals surface area contributed by atoms with E-state index in [9.17, 15) is 14.9 Å². The highest BCUT2D eigenvalue weighted by molar-refractivity contribution is 7.12. The van der Waals surface area contributed by atoms with Crippen molar-refractivity contribution < 1.29 is 14.3 Å². The quantitative estimate of drug-likeness (QED) is 0.713. The molecule has 0 spiro atoms. The predicted molar refractivity (Wildman–Crippen MR) is 114 cm³/mol. The van der Waals surface area contributed by atoms with Crippen LogP contribution in [-0.2, 0) is 28.8 Å². The molecule has 1 amide bonds. The summed E-state index contributed by atoms with van der Waals surface area (Å²) in [5.74, 6) is -0.0540. The molecule has 2 aliphatic rings. The van der Waals surface area contributed by atoms with Crippen LogP contribution in [0.25, 0.3) is 6.08 Å². The molecular formula is C23H23N3O3S. The number of thiophene rings is 1. The van der Waals surface area contributed by atoms with E-state index >= 15 is 0 Å². The highest BCUT2D eigenvalue weighted by Crippen LogP contribution is 2.35. The Kier molecular flexibility index (Phi) is 6.24. The Balaban J connectivity index is 1.39. The lowest BCUT2D eigenvalue weighted by Crippen LogP contribution is -2.41. The van der Waals surface area contributed by atoms with Gasteiger partial charge in [-0.1, -0.05) is 6.07 Å². The molecular weight excluding hydrogens is 398 g/mol. The van der Waals surface area contributed by atoms with Crippen molar-refractivity contribution >= 4 is 29.3 Å². The van der Waals surface area contributed by atoms with Gasteiger partial charge in [-0.05, 0) is 61.4 Å². The molecule has 2 aliphatic carbocycles. The van der Waals surface area contributed by atoms with Gasteiger partial charge in [-0.3, -0.25) is 9.78 Å². The van der Waals surface area contributed by atoms with Gasteiger partial charge < -0.3 is 10.1 Å². The molecule has 0 bridgehead atoms. The second kappa shape index (κ2) is 9.23. The van der Waals surface area contributed by atoms with Crippen molar-refractivity contribution in [2.75, 3.05) is 0 Å². The average molecular weight is 422 g/mol. The zero-order valence-electron chi connectivity index (χ0n) is 16.6. The van der Waals surface area contributed by atoms with Gasteiger partial charge in [0.25, 0.3) is 0 Å². The van der Waals surface area contributed by atoms with Crippen LogP contribution < -0.4 is 5.32 Å². The molecule has 1 unspecified atom stereocenters. The van der Waals surface area contributed by atoms with Gasteiger partial charge in [-0.2, -0.15) is 5.26 Å². The normalized spacial score (nSPS) is 18.3. The Hall–Kier alpha value is -2.98. The molecule has 2 aromatic heterocycles. The lowest BCUT2D eigenvalue weighted by molar-refractivity contribution is -0.113. The second-order valence-electron chi connectivity index (χ2n) is 7.72. The summed E-state index contributed by atoms with van der Waals surface area (Å²) < 4.78 is 5.60. The number of carbonyl (C=O) groups excluding carboxylic acids is 2. The van der Waals surface area contributed by atoms with E-state index in [0.29, 0.717) is 24.8 Å². The number of fused-ring (bicyclic) bond motifs is 1. The number of hydrogen-bond donors (Lipinski definition) is 1. The number of ketones is 1. The van der Waals surface area contributed by atoms with E-state index in [1.165, 1.54) is 17.4 Å². The number of aromatic nitrogens is 1. The number of nitrogens with zero attached hydrogens (tertiary/aromatic N) is 2. The summed E-state index contributed by atoms with van der Waals surface area (Å²) >= 11 is 1.50. The monoisotopic (exact) mass is 421 g/mol. The number of pyridine rings is 1. The number of hydrogen-bond acceptors (Lipinski definition) is 6. The summed E-state index contributed by atoms with van der Waals surface area (Å²) in [6.07, 6.45) is 11.5. The molecule has 0 aromatic carbocycles. The van der Waals surface area contributed by atoms with E-state index < -0.39 is 0 Å². The number of allylic oxidation sites excluding steroid dienone is 1. The molecule has 0 aliphatic heterocycles. The molecule has 7 heteroatoms. The Morgan fingerprint density at radius 1 is 1.37 bits per heavy atom. The fourth-order valence-corrected chi connectivity index (χ4v) is 5.13. The maximum Gasteiger partial charge on any atom is 0.407 e. The van der Waals surface area contributed by atoms with Crippen LogP contribution in [0.4, 0.5) is 4.79 Å². The standard InChI is InChI=1S/C23H23N3O3S/c24-13-20-19-9-8-18(29-23(28)26-16-4-1-5-16)12-22(19)30-21(20)11-17(27)7-6-15-3-2-10-25-14-15/h2-3,6-7,10,14,16,18H,1,4-5,8-9,11-12H2,(H,26,28)/b7-6+. The maximum atomic E-state index is 12.4. The van der Waals surface area contributed by atoms with Crippen molar-refractivity contribution in [1.29, 1.82) is 5.26 Å². The molecule has 2 heterocycles. The lowest BCUT2D eigenvalue weighted by atomic mass is 9.92. The van der Waals surface area contributed by atoms with Gasteiger partial charge in [0.2, 0.25) is 0 Å². The zero-order chi connectivity index (χ0) is 20.9. The Morgan fingerprint density at radius 2 is 2.23 bits per heavy atom. The number of nitriles is 1. The second-order valence-corrected chi connectivity index (χ2v) is 8.91. The average Bonchev–Trinajstić information content (AvgIpc) is 3.06. The topological polar surface area (TPSA) is 92.1 Å². The van der Waals surface area contributed by atoms with Gasteiger partial charge >= 0.3 is 6.09 Å². The molecule has 1 atom stereocenters. The van der Waals surface area contributed by atoms with Crippen LogP contribution in [0.15, 0.2) is 30.6 Å². The molecule has 1 N–H and O–H groups in total. The summed E-state index contributed by atoms with van der Waals surface area (Å²) in [6, 6.07) is 6.23. The number of alkyl carbamates (subject to hydrolysis) is 1. The molecule has 2 aromatic rings. The Bertz CT molecular complexity index is 1000. The zero-order valence-corrected chi connectivity index (χ0v) is 17.4. The number of nitrogens with one attached hydrogen (secondary N) is 1. The third-order valence-electron chi connectivity index (χ3n) is 5.59. The first-order valence-electron chi connectivity index (χ1n) is 10.2. The molecule has 0 saturated heterocycles. The van der Waals surface area contributed by atoms with Crippen LogP contribution in [0.1, 0.15) is 52.1 Å². The first-order valence-corrected chi connectivity index (χ1v) is 11.1. The first-order chi connectivity index (χ1) is 14.6. The van der Waals surface area contributed by atoms with Crippen LogP contribution in [0, 0.1) is 11.3 Å². The largest absolute Gasteiger partial charge is 0.446 e. The number of carbonyl (C=O) groups is 2. The number of rotatable bonds is 6. The van der Waals surface area contributed by atoms with Crippen LogP contribution in [0.3, 0.4) is 0 Å². The minimum absolute atomic E-state index is 0.0540. The van der Waals surface area contributed by atoms with E-state index in [1.807, 2.05) is 12.1 Å². The van der Waals surface area contributed by atoms with E-state index in [2.05, 4.69) is 16.4 Å². The van der Waals surface area contributed by atoms with Crippen molar-refractivity contribution in [2.24, 2.45) is 0 Å². The summed E-state index contributed by atoms with van der Waals surface area (Å²) in [5.41, 5.74) is 2.49. The molecule has 154 valence electrons. The van der Waals surface area contributed by atoms with Crippen molar-refractivity contribution in [3.8, 4) is 6.07 Å². The van der Waals surface area contributed by atoms with Crippen molar-refractivity contribution in [1.82, 2.24) is 10.3 Å².